The van der Waals surface area contributed by atoms with Gasteiger partial charge in [0.1, 0.15) is 5.69 Å². The first-order valence-electron chi connectivity index (χ1n) is 12.2. The number of aromatic nitrogens is 4. The molecule has 1 aliphatic heterocycles. The van der Waals surface area contributed by atoms with Crippen molar-refractivity contribution in [3.05, 3.63) is 65.3 Å². The third kappa shape index (κ3) is 5.92. The van der Waals surface area contributed by atoms with Crippen LogP contribution in [-0.2, 0) is 7.05 Å². The molecule has 2 aromatic heterocycles. The molecule has 0 spiro atoms. The number of carbonyl (C=O) groups is 1. The Balaban J connectivity index is 1.82. The van der Waals surface area contributed by atoms with Gasteiger partial charge in [-0.1, -0.05) is 64.5 Å². The fraction of sp³-hybridized carbons (Fsp3) is 0.519. The molecule has 0 radical (unpaired) electrons. The Labute approximate surface area is 198 Å². The summed E-state index contributed by atoms with van der Waals surface area (Å²) in [5.41, 5.74) is 6.24. The largest absolute Gasteiger partial charge is 0.337 e. The summed E-state index contributed by atoms with van der Waals surface area (Å²) in [5.74, 6) is 1.12. The minimum atomic E-state index is 0.0178. The van der Waals surface area contributed by atoms with Gasteiger partial charge in [0.2, 0.25) is 0 Å². The van der Waals surface area contributed by atoms with Gasteiger partial charge in [-0.3, -0.25) is 14.6 Å². The van der Waals surface area contributed by atoms with Crippen molar-refractivity contribution in [3.8, 4) is 0 Å². The molecule has 3 rings (SSSR count). The number of hydrogen-bond acceptors (Lipinski definition) is 3. The Morgan fingerprint density at radius 3 is 2.64 bits per heavy atom. The lowest BCUT2D eigenvalue weighted by molar-refractivity contribution is 0.0783. The standard InChI is InChI=1S/C27H39N5O/c1-8-19(5)20(6)12-23(24-15-28-31(7)16-24)13-21(9-2)22-10-11-32(17-22)27(33)26-14-25(18(3)4)29-30-26/h12-16,18-19,22H,6,8-11,17H2,1-5,7H3,(H,29,30)/b21-13+,23-12+. The van der Waals surface area contributed by atoms with E-state index in [9.17, 15) is 4.79 Å². The summed E-state index contributed by atoms with van der Waals surface area (Å²) in [5, 5.41) is 11.6. The number of hydrogen-bond donors (Lipinski definition) is 1. The van der Waals surface area contributed by atoms with Gasteiger partial charge < -0.3 is 4.90 Å². The lowest BCUT2D eigenvalue weighted by Gasteiger charge is -2.17. The van der Waals surface area contributed by atoms with Crippen molar-refractivity contribution in [2.24, 2.45) is 18.9 Å². The number of amides is 1. The van der Waals surface area contributed by atoms with Crippen molar-refractivity contribution >= 4 is 11.5 Å². The van der Waals surface area contributed by atoms with Gasteiger partial charge in [0.05, 0.1) is 6.20 Å². The SMILES string of the molecule is C=C(/C=C(\C=C(/CC)C1CCN(C(=O)c2cc(C(C)C)[nH]n2)C1)c1cnn(C)c1)C(C)CC. The van der Waals surface area contributed by atoms with Crippen LogP contribution in [0.4, 0.5) is 0 Å². The minimum Gasteiger partial charge on any atom is -0.337 e. The summed E-state index contributed by atoms with van der Waals surface area (Å²) in [7, 11) is 1.94. The summed E-state index contributed by atoms with van der Waals surface area (Å²) in [4.78, 5) is 15.0. The van der Waals surface area contributed by atoms with E-state index in [0.717, 1.165) is 54.8 Å². The summed E-state index contributed by atoms with van der Waals surface area (Å²) in [6.45, 7) is 16.6. The number of allylic oxidation sites excluding steroid dienone is 4. The maximum absolute atomic E-state index is 13.0. The summed E-state index contributed by atoms with van der Waals surface area (Å²) >= 11 is 0. The molecule has 1 amide bonds. The molecule has 1 aliphatic rings. The van der Waals surface area contributed by atoms with E-state index in [-0.39, 0.29) is 5.91 Å². The van der Waals surface area contributed by atoms with E-state index in [4.69, 9.17) is 0 Å². The molecule has 2 aromatic rings. The average Bonchev–Trinajstić information content (AvgIpc) is 3.56. The number of likely N-dealkylation sites (tertiary alicyclic amines) is 1. The third-order valence-electron chi connectivity index (χ3n) is 6.81. The van der Waals surface area contributed by atoms with E-state index in [2.05, 4.69) is 68.6 Å². The van der Waals surface area contributed by atoms with Gasteiger partial charge in [0, 0.05) is 37.6 Å². The number of rotatable bonds is 9. The zero-order valence-electron chi connectivity index (χ0n) is 21.1. The zero-order valence-corrected chi connectivity index (χ0v) is 21.1. The van der Waals surface area contributed by atoms with Gasteiger partial charge in [-0.15, -0.1) is 0 Å². The van der Waals surface area contributed by atoms with E-state index in [0.29, 0.717) is 23.4 Å². The fourth-order valence-corrected chi connectivity index (χ4v) is 4.24. The van der Waals surface area contributed by atoms with Crippen molar-refractivity contribution in [2.45, 2.75) is 59.8 Å². The van der Waals surface area contributed by atoms with Crippen molar-refractivity contribution in [1.29, 1.82) is 0 Å². The van der Waals surface area contributed by atoms with Crippen LogP contribution in [0, 0.1) is 11.8 Å². The Kier molecular flexibility index (Phi) is 8.11. The number of aromatic amines is 1. The third-order valence-corrected chi connectivity index (χ3v) is 6.81. The van der Waals surface area contributed by atoms with Crippen LogP contribution in [0.2, 0.25) is 0 Å². The van der Waals surface area contributed by atoms with Crippen molar-refractivity contribution in [2.75, 3.05) is 13.1 Å². The van der Waals surface area contributed by atoms with E-state index < -0.39 is 0 Å². The molecule has 0 bridgehead atoms. The molecule has 6 heteroatoms. The van der Waals surface area contributed by atoms with E-state index in [1.807, 2.05) is 35.1 Å². The average molecular weight is 450 g/mol. The molecule has 1 N–H and O–H groups in total. The maximum Gasteiger partial charge on any atom is 0.274 e. The molecule has 178 valence electrons. The van der Waals surface area contributed by atoms with Gasteiger partial charge >= 0.3 is 0 Å². The molecule has 2 atom stereocenters. The summed E-state index contributed by atoms with van der Waals surface area (Å²) < 4.78 is 1.83. The maximum atomic E-state index is 13.0. The number of H-pyrrole nitrogens is 1. The van der Waals surface area contributed by atoms with Gasteiger partial charge in [-0.25, -0.2) is 0 Å². The monoisotopic (exact) mass is 449 g/mol. The number of carbonyl (C=O) groups excluding carboxylic acids is 1. The highest BCUT2D eigenvalue weighted by Gasteiger charge is 2.30. The highest BCUT2D eigenvalue weighted by atomic mass is 16.2. The van der Waals surface area contributed by atoms with Crippen LogP contribution in [-0.4, -0.2) is 43.9 Å². The molecule has 0 aliphatic carbocycles. The second-order valence-corrected chi connectivity index (χ2v) is 9.56. The number of nitrogens with one attached hydrogen (secondary N) is 1. The normalized spacial score (nSPS) is 18.3. The van der Waals surface area contributed by atoms with Gasteiger partial charge in [0.25, 0.3) is 5.91 Å². The van der Waals surface area contributed by atoms with Gasteiger partial charge in [0.15, 0.2) is 0 Å². The minimum absolute atomic E-state index is 0.0178. The Hall–Kier alpha value is -2.89. The van der Waals surface area contributed by atoms with Crippen molar-refractivity contribution < 1.29 is 4.79 Å². The van der Waals surface area contributed by atoms with Crippen LogP contribution in [0.3, 0.4) is 0 Å². The quantitative estimate of drug-likeness (QED) is 0.496. The molecule has 2 unspecified atom stereocenters. The van der Waals surface area contributed by atoms with Crippen LogP contribution in [0.5, 0.6) is 0 Å². The van der Waals surface area contributed by atoms with Crippen molar-refractivity contribution in [3.63, 3.8) is 0 Å². The van der Waals surface area contributed by atoms with Gasteiger partial charge in [-0.05, 0) is 48.7 Å². The van der Waals surface area contributed by atoms with Crippen molar-refractivity contribution in [1.82, 2.24) is 24.9 Å². The fourth-order valence-electron chi connectivity index (χ4n) is 4.24. The van der Waals surface area contributed by atoms with E-state index in [1.54, 1.807) is 0 Å². The first kappa shape index (κ1) is 24.7. The molecule has 33 heavy (non-hydrogen) atoms. The molecule has 6 nitrogen and oxygen atoms in total. The molecule has 0 saturated carbocycles. The smallest absolute Gasteiger partial charge is 0.274 e. The number of nitrogens with zero attached hydrogens (tertiary/aromatic N) is 4. The number of aryl methyl sites for hydroxylation is 1. The highest BCUT2D eigenvalue weighted by Crippen LogP contribution is 2.31. The Bertz CT molecular complexity index is 1040. The topological polar surface area (TPSA) is 66.8 Å². The first-order valence-corrected chi connectivity index (χ1v) is 12.2. The molecule has 0 aromatic carbocycles. The zero-order chi connectivity index (χ0) is 24.1. The summed E-state index contributed by atoms with van der Waals surface area (Å²) in [6, 6.07) is 1.89. The van der Waals surface area contributed by atoms with E-state index >= 15 is 0 Å². The predicted octanol–water partition coefficient (Wildman–Crippen LogP) is 5.75. The van der Waals surface area contributed by atoms with Gasteiger partial charge in [-0.2, -0.15) is 10.2 Å². The molecule has 1 saturated heterocycles. The van der Waals surface area contributed by atoms with Crippen LogP contribution in [0.15, 0.2) is 48.3 Å². The molecule has 1 fully saturated rings. The molecule has 3 heterocycles. The highest BCUT2D eigenvalue weighted by molar-refractivity contribution is 5.92. The lowest BCUT2D eigenvalue weighted by Crippen LogP contribution is -2.29. The lowest BCUT2D eigenvalue weighted by atomic mass is 9.90. The predicted molar refractivity (Wildman–Crippen MR) is 135 cm³/mol. The van der Waals surface area contributed by atoms with Crippen LogP contribution in [0.25, 0.3) is 5.57 Å². The second-order valence-electron chi connectivity index (χ2n) is 9.56. The van der Waals surface area contributed by atoms with Crippen LogP contribution < -0.4 is 0 Å². The van der Waals surface area contributed by atoms with Crippen LogP contribution >= 0.6 is 0 Å². The van der Waals surface area contributed by atoms with Crippen LogP contribution in [0.1, 0.15) is 81.5 Å². The molecular formula is C27H39N5O. The Morgan fingerprint density at radius 2 is 2.06 bits per heavy atom. The second kappa shape index (κ2) is 10.8. The molecular weight excluding hydrogens is 410 g/mol. The summed E-state index contributed by atoms with van der Waals surface area (Å²) in [6.07, 6.45) is 11.4. The first-order chi connectivity index (χ1) is 15.7. The van der Waals surface area contributed by atoms with E-state index in [1.165, 1.54) is 5.57 Å². The Morgan fingerprint density at radius 1 is 1.30 bits per heavy atom.